The van der Waals surface area contributed by atoms with Gasteiger partial charge in [0.25, 0.3) is 0 Å². The Hall–Kier alpha value is -4.14. The highest BCUT2D eigenvalue weighted by molar-refractivity contribution is 5.35. The largest absolute Gasteiger partial charge is 0.192 e. The first kappa shape index (κ1) is 36.6. The fourth-order valence-corrected chi connectivity index (χ4v) is 9.54. The van der Waals surface area contributed by atoms with Gasteiger partial charge in [-0.25, -0.2) is 0 Å². The molecule has 2 unspecified atom stereocenters. The Labute approximate surface area is 308 Å². The fourth-order valence-electron chi connectivity index (χ4n) is 9.54. The monoisotopic (exact) mass is 674 g/mol. The van der Waals surface area contributed by atoms with Gasteiger partial charge in [-0.15, -0.1) is 0 Å². The smallest absolute Gasteiger partial charge is 0.0991 e. The minimum Gasteiger partial charge on any atom is -0.192 e. The van der Waals surface area contributed by atoms with Crippen molar-refractivity contribution in [3.8, 4) is 12.1 Å². The van der Waals surface area contributed by atoms with Gasteiger partial charge in [0.05, 0.1) is 23.3 Å². The van der Waals surface area contributed by atoms with Gasteiger partial charge in [0.1, 0.15) is 0 Å². The topological polar surface area (TPSA) is 47.6 Å². The number of rotatable bonds is 14. The number of hydrogen-bond donors (Lipinski definition) is 0. The highest BCUT2D eigenvalue weighted by atomic mass is 14.4. The maximum Gasteiger partial charge on any atom is 0.0991 e. The summed E-state index contributed by atoms with van der Waals surface area (Å²) in [5, 5.41) is 19.1. The van der Waals surface area contributed by atoms with Crippen molar-refractivity contribution in [2.75, 3.05) is 0 Å². The molecule has 0 aromatic heterocycles. The van der Waals surface area contributed by atoms with E-state index in [0.717, 1.165) is 24.0 Å². The third-order valence-corrected chi connectivity index (χ3v) is 12.6. The molecule has 2 fully saturated rings. The van der Waals surface area contributed by atoms with Crippen molar-refractivity contribution >= 4 is 0 Å². The SMILES string of the molecule is CCCCc1ccc(C2CCC(CC(c3ccc(C#N)cc3)C(Cc3ccc(C#N)cc3)C3CCC(c4ccc(CCC)cc4)CC3)CC2)cc1. The van der Waals surface area contributed by atoms with Gasteiger partial charge >= 0.3 is 0 Å². The maximum atomic E-state index is 9.64. The van der Waals surface area contributed by atoms with Crippen LogP contribution in [0.3, 0.4) is 0 Å². The molecule has 0 spiro atoms. The first-order valence-electron chi connectivity index (χ1n) is 20.2. The molecule has 2 saturated carbocycles. The Morgan fingerprint density at radius 3 is 1.55 bits per heavy atom. The molecule has 2 heteroatoms. The summed E-state index contributed by atoms with van der Waals surface area (Å²) in [6.07, 6.45) is 18.5. The summed E-state index contributed by atoms with van der Waals surface area (Å²) in [5.74, 6) is 3.66. The normalized spacial score (nSPS) is 21.6. The van der Waals surface area contributed by atoms with E-state index in [2.05, 4.69) is 98.8 Å². The molecule has 0 amide bonds. The number of nitrogens with zero attached hydrogens (tertiary/aromatic N) is 2. The van der Waals surface area contributed by atoms with E-state index in [9.17, 15) is 10.5 Å². The Morgan fingerprint density at radius 2 is 1.04 bits per heavy atom. The Balaban J connectivity index is 1.21. The van der Waals surface area contributed by atoms with Crippen molar-refractivity contribution in [2.24, 2.45) is 17.8 Å². The van der Waals surface area contributed by atoms with Crippen LogP contribution >= 0.6 is 0 Å². The predicted molar refractivity (Wildman–Crippen MR) is 212 cm³/mol. The van der Waals surface area contributed by atoms with E-state index in [4.69, 9.17) is 0 Å². The predicted octanol–water partition coefficient (Wildman–Crippen LogP) is 13.0. The molecule has 0 N–H and O–H groups in total. The van der Waals surface area contributed by atoms with Crippen LogP contribution in [-0.4, -0.2) is 0 Å². The number of hydrogen-bond acceptors (Lipinski definition) is 2. The summed E-state index contributed by atoms with van der Waals surface area (Å²) in [5.41, 5.74) is 10.2. The van der Waals surface area contributed by atoms with Crippen molar-refractivity contribution < 1.29 is 0 Å². The van der Waals surface area contributed by atoms with E-state index >= 15 is 0 Å². The van der Waals surface area contributed by atoms with Crippen LogP contribution in [0.15, 0.2) is 97.1 Å². The molecule has 2 aliphatic carbocycles. The molecule has 2 atom stereocenters. The highest BCUT2D eigenvalue weighted by Crippen LogP contribution is 2.48. The van der Waals surface area contributed by atoms with Crippen LogP contribution in [-0.2, 0) is 19.3 Å². The van der Waals surface area contributed by atoms with Crippen LogP contribution in [0.4, 0.5) is 0 Å². The van der Waals surface area contributed by atoms with Gasteiger partial charge in [-0.05, 0) is 177 Å². The van der Waals surface area contributed by atoms with Gasteiger partial charge in [0.2, 0.25) is 0 Å². The maximum absolute atomic E-state index is 9.64. The molecule has 4 aromatic rings. The molecule has 0 aliphatic heterocycles. The molecule has 2 nitrogen and oxygen atoms in total. The average molecular weight is 675 g/mol. The van der Waals surface area contributed by atoms with Crippen LogP contribution < -0.4 is 0 Å². The van der Waals surface area contributed by atoms with Crippen molar-refractivity contribution in [1.29, 1.82) is 10.5 Å². The summed E-state index contributed by atoms with van der Waals surface area (Å²) >= 11 is 0. The fraction of sp³-hybridized carbons (Fsp3) is 0.469. The summed E-state index contributed by atoms with van der Waals surface area (Å²) < 4.78 is 0. The summed E-state index contributed by atoms with van der Waals surface area (Å²) in [6.45, 7) is 4.53. The molecule has 0 saturated heterocycles. The van der Waals surface area contributed by atoms with E-state index < -0.39 is 0 Å². The number of aryl methyl sites for hydroxylation is 2. The van der Waals surface area contributed by atoms with Crippen molar-refractivity contribution in [3.63, 3.8) is 0 Å². The zero-order valence-corrected chi connectivity index (χ0v) is 31.2. The third kappa shape index (κ3) is 9.80. The molecular formula is C49H58N2. The van der Waals surface area contributed by atoms with Gasteiger partial charge in [0, 0.05) is 0 Å². The Kier molecular flexibility index (Phi) is 13.2. The number of unbranched alkanes of at least 4 members (excludes halogenated alkanes) is 1. The quantitative estimate of drug-likeness (QED) is 0.134. The molecule has 6 rings (SSSR count). The number of nitriles is 2. The lowest BCUT2D eigenvalue weighted by atomic mass is 9.64. The first-order valence-corrected chi connectivity index (χ1v) is 20.2. The first-order chi connectivity index (χ1) is 25.1. The van der Waals surface area contributed by atoms with E-state index in [1.807, 2.05) is 24.3 Å². The highest BCUT2D eigenvalue weighted by Gasteiger charge is 2.36. The van der Waals surface area contributed by atoms with Crippen LogP contribution in [0.25, 0.3) is 0 Å². The molecule has 4 aromatic carbocycles. The van der Waals surface area contributed by atoms with Gasteiger partial charge in [0.15, 0.2) is 0 Å². The lowest BCUT2D eigenvalue weighted by Crippen LogP contribution is -2.30. The third-order valence-electron chi connectivity index (χ3n) is 12.6. The zero-order valence-electron chi connectivity index (χ0n) is 31.2. The molecule has 0 heterocycles. The van der Waals surface area contributed by atoms with E-state index in [-0.39, 0.29) is 0 Å². The molecule has 264 valence electrons. The van der Waals surface area contributed by atoms with Gasteiger partial charge in [-0.1, -0.05) is 99.5 Å². The lowest BCUT2D eigenvalue weighted by Gasteiger charge is -2.41. The van der Waals surface area contributed by atoms with E-state index in [1.54, 1.807) is 0 Å². The minimum atomic E-state index is 0.447. The van der Waals surface area contributed by atoms with Crippen molar-refractivity contribution in [2.45, 2.75) is 128 Å². The van der Waals surface area contributed by atoms with Gasteiger partial charge in [-0.2, -0.15) is 10.5 Å². The van der Waals surface area contributed by atoms with Crippen LogP contribution in [0, 0.1) is 40.4 Å². The molecular weight excluding hydrogens is 617 g/mol. The molecule has 2 aliphatic rings. The van der Waals surface area contributed by atoms with Crippen LogP contribution in [0.2, 0.25) is 0 Å². The second-order valence-electron chi connectivity index (χ2n) is 15.9. The summed E-state index contributed by atoms with van der Waals surface area (Å²) in [4.78, 5) is 0. The second kappa shape index (κ2) is 18.4. The zero-order chi connectivity index (χ0) is 35.4. The standard InChI is InChI=1S/C49H58N2/c1-3-5-7-37-14-22-42(23-15-37)44-24-16-39(17-25-44)33-48(46-26-18-41(35-51)19-27-46)49(32-38-8-10-40(34-50)11-9-38)47-30-28-45(29-31-47)43-20-12-36(6-4-2)13-21-43/h8-15,18-23,26-27,39,44-45,47-49H,3-7,16-17,24-25,28-33H2,1-2H3. The summed E-state index contributed by atoms with van der Waals surface area (Å²) in [6, 6.07) is 40.8. The number of benzene rings is 4. The van der Waals surface area contributed by atoms with Crippen molar-refractivity contribution in [3.05, 3.63) is 142 Å². The van der Waals surface area contributed by atoms with Crippen LogP contribution in [0.1, 0.15) is 153 Å². The van der Waals surface area contributed by atoms with Gasteiger partial charge in [-0.3, -0.25) is 0 Å². The minimum absolute atomic E-state index is 0.447. The van der Waals surface area contributed by atoms with E-state index in [0.29, 0.717) is 35.5 Å². The van der Waals surface area contributed by atoms with E-state index in [1.165, 1.54) is 117 Å². The average Bonchev–Trinajstić information content (AvgIpc) is 3.20. The Morgan fingerprint density at radius 1 is 0.549 bits per heavy atom. The Bertz CT molecular complexity index is 1700. The van der Waals surface area contributed by atoms with Gasteiger partial charge < -0.3 is 0 Å². The lowest BCUT2D eigenvalue weighted by molar-refractivity contribution is 0.174. The van der Waals surface area contributed by atoms with Crippen molar-refractivity contribution in [1.82, 2.24) is 0 Å². The van der Waals surface area contributed by atoms with Crippen LogP contribution in [0.5, 0.6) is 0 Å². The molecule has 0 bridgehead atoms. The summed E-state index contributed by atoms with van der Waals surface area (Å²) in [7, 11) is 0. The molecule has 0 radical (unpaired) electrons. The second-order valence-corrected chi connectivity index (χ2v) is 15.9. The molecule has 51 heavy (non-hydrogen) atoms.